The highest BCUT2D eigenvalue weighted by atomic mass is 35.5. The Hall–Kier alpha value is -1.11. The van der Waals surface area contributed by atoms with Gasteiger partial charge < -0.3 is 10.0 Å². The normalized spacial score (nSPS) is 23.2. The van der Waals surface area contributed by atoms with Crippen LogP contribution in [0.3, 0.4) is 0 Å². The second-order valence-corrected chi connectivity index (χ2v) is 5.85. The number of nitrogens with zero attached hydrogens (tertiary/aromatic N) is 3. The molecule has 0 aliphatic carbocycles. The van der Waals surface area contributed by atoms with E-state index in [1.807, 2.05) is 18.8 Å². The molecule has 0 saturated carbocycles. The molecular weight excluding hydrogens is 280 g/mol. The minimum atomic E-state index is -0.801. The number of hydrogen-bond acceptors (Lipinski definition) is 4. The van der Waals surface area contributed by atoms with Crippen molar-refractivity contribution in [3.8, 4) is 0 Å². The minimum absolute atomic E-state index is 0.0398. The Balaban J connectivity index is 2.14. The fraction of sp³-hybridized carbons (Fsp3) is 0.692. The van der Waals surface area contributed by atoms with Gasteiger partial charge >= 0.3 is 5.97 Å². The van der Waals surface area contributed by atoms with E-state index in [2.05, 4.69) is 15.3 Å². The summed E-state index contributed by atoms with van der Waals surface area (Å²) in [6.07, 6.45) is 4.06. The van der Waals surface area contributed by atoms with Crippen molar-refractivity contribution in [2.24, 2.45) is 0 Å². The summed E-state index contributed by atoms with van der Waals surface area (Å²) in [5, 5.41) is 17.2. The van der Waals surface area contributed by atoms with Crippen LogP contribution in [0.15, 0.2) is 6.20 Å². The molecular formula is C13H21ClN4O2. The Morgan fingerprint density at radius 3 is 3.00 bits per heavy atom. The van der Waals surface area contributed by atoms with E-state index in [0.717, 1.165) is 31.6 Å². The van der Waals surface area contributed by atoms with Crippen LogP contribution in [0.25, 0.3) is 0 Å². The van der Waals surface area contributed by atoms with E-state index < -0.39 is 12.0 Å². The molecule has 1 aromatic rings. The molecule has 1 aliphatic rings. The zero-order valence-corrected chi connectivity index (χ0v) is 12.6. The molecule has 1 aliphatic heterocycles. The number of rotatable bonds is 5. The summed E-state index contributed by atoms with van der Waals surface area (Å²) in [5.74, 6) is -0.801. The molecule has 112 valence electrons. The van der Waals surface area contributed by atoms with Gasteiger partial charge in [0.2, 0.25) is 0 Å². The molecule has 2 atom stereocenters. The smallest absolute Gasteiger partial charge is 0.320 e. The van der Waals surface area contributed by atoms with Gasteiger partial charge in [0.05, 0.1) is 29.5 Å². The van der Waals surface area contributed by atoms with E-state index in [1.54, 1.807) is 6.20 Å². The van der Waals surface area contributed by atoms with Gasteiger partial charge in [-0.3, -0.25) is 14.8 Å². The zero-order valence-electron chi connectivity index (χ0n) is 11.8. The third-order valence-corrected chi connectivity index (χ3v) is 3.90. The summed E-state index contributed by atoms with van der Waals surface area (Å²) in [4.78, 5) is 13.2. The maximum Gasteiger partial charge on any atom is 0.320 e. The van der Waals surface area contributed by atoms with Gasteiger partial charge in [-0.05, 0) is 33.4 Å². The Morgan fingerprint density at radius 2 is 2.35 bits per heavy atom. The second-order valence-electron chi connectivity index (χ2n) is 5.45. The fourth-order valence-electron chi connectivity index (χ4n) is 2.54. The fourth-order valence-corrected chi connectivity index (χ4v) is 2.81. The average molecular weight is 301 g/mol. The van der Waals surface area contributed by atoms with Crippen LogP contribution in [0.5, 0.6) is 0 Å². The lowest BCUT2D eigenvalue weighted by molar-refractivity contribution is -0.140. The predicted octanol–water partition coefficient (Wildman–Crippen LogP) is 1.37. The van der Waals surface area contributed by atoms with Crippen molar-refractivity contribution in [2.45, 2.75) is 37.9 Å². The van der Waals surface area contributed by atoms with E-state index in [-0.39, 0.29) is 6.04 Å². The summed E-state index contributed by atoms with van der Waals surface area (Å²) in [7, 11) is 4.01. The number of halogens is 1. The molecule has 2 heterocycles. The first kappa shape index (κ1) is 15.3. The molecule has 1 aromatic heterocycles. The van der Waals surface area contributed by atoms with Gasteiger partial charge in [-0.2, -0.15) is 5.10 Å². The molecule has 2 rings (SSSR count). The summed E-state index contributed by atoms with van der Waals surface area (Å²) >= 11 is 6.24. The van der Waals surface area contributed by atoms with Gasteiger partial charge in [0.25, 0.3) is 0 Å². The second kappa shape index (κ2) is 6.56. The maximum atomic E-state index is 11.1. The molecule has 20 heavy (non-hydrogen) atoms. The largest absolute Gasteiger partial charge is 0.480 e. The quantitative estimate of drug-likeness (QED) is 0.859. The van der Waals surface area contributed by atoms with Crippen molar-refractivity contribution in [3.63, 3.8) is 0 Å². The van der Waals surface area contributed by atoms with E-state index in [9.17, 15) is 4.79 Å². The third-order valence-electron chi connectivity index (χ3n) is 3.61. The van der Waals surface area contributed by atoms with Gasteiger partial charge in [-0.1, -0.05) is 11.6 Å². The first-order valence-electron chi connectivity index (χ1n) is 6.84. The van der Waals surface area contributed by atoms with E-state index in [0.29, 0.717) is 11.4 Å². The number of aliphatic carboxylic acids is 1. The standard InChI is InChI=1S/C13H21ClN4O2/c1-17(2)6-7-18-12(9(14)8-15-18)10-4-3-5-11(16-10)13(19)20/h8,10-11,16H,3-7H2,1-2H3,(H,19,20). The van der Waals surface area contributed by atoms with Crippen LogP contribution in [0.2, 0.25) is 5.02 Å². The molecule has 1 fully saturated rings. The summed E-state index contributed by atoms with van der Waals surface area (Å²) in [6, 6.07) is -0.538. The van der Waals surface area contributed by atoms with Crippen LogP contribution in [0.1, 0.15) is 31.0 Å². The van der Waals surface area contributed by atoms with Crippen LogP contribution in [-0.4, -0.2) is 52.4 Å². The Bertz CT molecular complexity index is 475. The average Bonchev–Trinajstić information content (AvgIpc) is 2.77. The summed E-state index contributed by atoms with van der Waals surface area (Å²) in [5.41, 5.74) is 0.902. The number of nitrogens with one attached hydrogen (secondary N) is 1. The third kappa shape index (κ3) is 3.50. The lowest BCUT2D eigenvalue weighted by Crippen LogP contribution is -2.43. The number of likely N-dealkylation sites (N-methyl/N-ethyl adjacent to an activating group) is 1. The molecule has 0 aromatic carbocycles. The number of piperidine rings is 1. The molecule has 1 saturated heterocycles. The Labute approximate surface area is 123 Å². The number of carbonyl (C=O) groups is 1. The van der Waals surface area contributed by atoms with Gasteiger partial charge in [0.1, 0.15) is 6.04 Å². The monoisotopic (exact) mass is 300 g/mol. The molecule has 7 heteroatoms. The van der Waals surface area contributed by atoms with Crippen LogP contribution >= 0.6 is 11.6 Å². The number of hydrogen-bond donors (Lipinski definition) is 2. The van der Waals surface area contributed by atoms with Crippen molar-refractivity contribution in [2.75, 3.05) is 20.6 Å². The van der Waals surface area contributed by atoms with E-state index in [4.69, 9.17) is 16.7 Å². The molecule has 0 bridgehead atoms. The lowest BCUT2D eigenvalue weighted by Gasteiger charge is -2.29. The van der Waals surface area contributed by atoms with Gasteiger partial charge in [0, 0.05) is 6.54 Å². The van der Waals surface area contributed by atoms with Crippen molar-refractivity contribution < 1.29 is 9.90 Å². The molecule has 0 amide bonds. The van der Waals surface area contributed by atoms with Crippen LogP contribution in [0.4, 0.5) is 0 Å². The first-order valence-corrected chi connectivity index (χ1v) is 7.21. The van der Waals surface area contributed by atoms with Gasteiger partial charge in [-0.15, -0.1) is 0 Å². The predicted molar refractivity (Wildman–Crippen MR) is 76.9 cm³/mol. The highest BCUT2D eigenvalue weighted by molar-refractivity contribution is 6.31. The highest BCUT2D eigenvalue weighted by Crippen LogP contribution is 2.30. The Morgan fingerprint density at radius 1 is 1.60 bits per heavy atom. The van der Waals surface area contributed by atoms with E-state index in [1.165, 1.54) is 0 Å². The number of carboxylic acids is 1. The number of aromatic nitrogens is 2. The number of carboxylic acid groups (broad SMARTS) is 1. The molecule has 2 N–H and O–H groups in total. The Kier molecular flexibility index (Phi) is 5.01. The van der Waals surface area contributed by atoms with Gasteiger partial charge in [0.15, 0.2) is 0 Å². The van der Waals surface area contributed by atoms with Crippen LogP contribution in [0, 0.1) is 0 Å². The van der Waals surface area contributed by atoms with Crippen LogP contribution in [-0.2, 0) is 11.3 Å². The first-order chi connectivity index (χ1) is 9.49. The minimum Gasteiger partial charge on any atom is -0.480 e. The van der Waals surface area contributed by atoms with Crippen molar-refractivity contribution in [1.82, 2.24) is 20.0 Å². The van der Waals surface area contributed by atoms with Crippen molar-refractivity contribution in [3.05, 3.63) is 16.9 Å². The zero-order chi connectivity index (χ0) is 14.7. The summed E-state index contributed by atoms with van der Waals surface area (Å²) < 4.78 is 1.88. The summed E-state index contributed by atoms with van der Waals surface area (Å²) in [6.45, 7) is 1.60. The van der Waals surface area contributed by atoms with E-state index >= 15 is 0 Å². The molecule has 6 nitrogen and oxygen atoms in total. The lowest BCUT2D eigenvalue weighted by atomic mass is 9.96. The van der Waals surface area contributed by atoms with Gasteiger partial charge in [-0.25, -0.2) is 0 Å². The molecule has 0 radical (unpaired) electrons. The van der Waals surface area contributed by atoms with Crippen molar-refractivity contribution >= 4 is 17.6 Å². The van der Waals surface area contributed by atoms with Crippen molar-refractivity contribution in [1.29, 1.82) is 0 Å². The maximum absolute atomic E-state index is 11.1. The molecule has 0 spiro atoms. The highest BCUT2D eigenvalue weighted by Gasteiger charge is 2.30. The van der Waals surface area contributed by atoms with Crippen LogP contribution < -0.4 is 5.32 Å². The topological polar surface area (TPSA) is 70.4 Å². The molecule has 2 unspecified atom stereocenters. The SMILES string of the molecule is CN(C)CCn1ncc(Cl)c1C1CCCC(C(=O)O)N1.